The van der Waals surface area contributed by atoms with E-state index in [4.69, 9.17) is 4.74 Å². The monoisotopic (exact) mass is 388 g/mol. The maximum Gasteiger partial charge on any atom is 0.329 e. The van der Waals surface area contributed by atoms with Crippen molar-refractivity contribution in [2.45, 2.75) is 32.0 Å². The van der Waals surface area contributed by atoms with E-state index in [-0.39, 0.29) is 0 Å². The standard InChI is InChI=1S/C19H24N4O3S/c1-12(2)11-27-19-20-16-15(17(24)21-18(25)22(16)3)23(19)10-9-13-5-7-14(26-4)8-6-13/h5-8,12H,9-11H2,1-4H3,(H,21,24,25). The van der Waals surface area contributed by atoms with Crippen LogP contribution in [0.2, 0.25) is 0 Å². The molecule has 0 radical (unpaired) electrons. The fourth-order valence-electron chi connectivity index (χ4n) is 2.81. The number of H-pyrrole nitrogens is 1. The molecule has 0 unspecified atom stereocenters. The highest BCUT2D eigenvalue weighted by Crippen LogP contribution is 2.24. The molecule has 2 aromatic heterocycles. The van der Waals surface area contributed by atoms with Crippen LogP contribution in [0.3, 0.4) is 0 Å². The second-order valence-corrected chi connectivity index (χ2v) is 7.83. The second kappa shape index (κ2) is 8.04. The van der Waals surface area contributed by atoms with E-state index < -0.39 is 11.2 Å². The Hall–Kier alpha value is -2.48. The number of rotatable bonds is 7. The molecule has 3 rings (SSSR count). The smallest absolute Gasteiger partial charge is 0.329 e. The average Bonchev–Trinajstić information content (AvgIpc) is 3.02. The lowest BCUT2D eigenvalue weighted by molar-refractivity contribution is 0.414. The number of fused-ring (bicyclic) bond motifs is 1. The first-order valence-electron chi connectivity index (χ1n) is 8.86. The van der Waals surface area contributed by atoms with Crippen molar-refractivity contribution in [3.8, 4) is 5.75 Å². The molecule has 0 bridgehead atoms. The van der Waals surface area contributed by atoms with Crippen LogP contribution in [-0.2, 0) is 20.0 Å². The van der Waals surface area contributed by atoms with Gasteiger partial charge in [0.25, 0.3) is 5.56 Å². The Morgan fingerprint density at radius 3 is 2.56 bits per heavy atom. The Morgan fingerprint density at radius 1 is 1.22 bits per heavy atom. The summed E-state index contributed by atoms with van der Waals surface area (Å²) in [5.74, 6) is 2.19. The van der Waals surface area contributed by atoms with E-state index in [9.17, 15) is 9.59 Å². The molecule has 0 saturated carbocycles. The molecule has 0 aliphatic carbocycles. The lowest BCUT2D eigenvalue weighted by Gasteiger charge is -2.10. The number of aromatic amines is 1. The Labute approximate surface area is 161 Å². The van der Waals surface area contributed by atoms with Crippen molar-refractivity contribution in [3.05, 3.63) is 50.7 Å². The predicted octanol–water partition coefficient (Wildman–Crippen LogP) is 2.42. The van der Waals surface area contributed by atoms with Crippen LogP contribution in [-0.4, -0.2) is 32.0 Å². The first-order chi connectivity index (χ1) is 12.9. The van der Waals surface area contributed by atoms with Crippen LogP contribution in [0.5, 0.6) is 5.75 Å². The van der Waals surface area contributed by atoms with Crippen molar-refractivity contribution in [2.75, 3.05) is 12.9 Å². The van der Waals surface area contributed by atoms with Gasteiger partial charge in [-0.3, -0.25) is 14.3 Å². The quantitative estimate of drug-likeness (QED) is 0.629. The van der Waals surface area contributed by atoms with Gasteiger partial charge in [-0.2, -0.15) is 0 Å². The fourth-order valence-corrected chi connectivity index (χ4v) is 3.78. The number of aryl methyl sites for hydroxylation is 3. The Bertz CT molecular complexity index is 1050. The van der Waals surface area contributed by atoms with E-state index >= 15 is 0 Å². The van der Waals surface area contributed by atoms with E-state index in [1.165, 1.54) is 4.57 Å². The van der Waals surface area contributed by atoms with Crippen LogP contribution in [0.15, 0.2) is 39.0 Å². The SMILES string of the molecule is COc1ccc(CCn2c(SCC(C)C)nc3c2c(=O)[nH]c(=O)n3C)cc1. The number of benzene rings is 1. The van der Waals surface area contributed by atoms with Crippen LogP contribution in [0.4, 0.5) is 0 Å². The molecule has 0 spiro atoms. The number of hydrogen-bond acceptors (Lipinski definition) is 5. The fraction of sp³-hybridized carbons (Fsp3) is 0.421. The van der Waals surface area contributed by atoms with Gasteiger partial charge < -0.3 is 9.30 Å². The van der Waals surface area contributed by atoms with Gasteiger partial charge in [0.1, 0.15) is 5.75 Å². The molecule has 0 saturated heterocycles. The summed E-state index contributed by atoms with van der Waals surface area (Å²) < 4.78 is 8.50. The number of imidazole rings is 1. The summed E-state index contributed by atoms with van der Waals surface area (Å²) in [6.07, 6.45) is 0.743. The van der Waals surface area contributed by atoms with Crippen LogP contribution in [0, 0.1) is 5.92 Å². The molecular formula is C19H24N4O3S. The van der Waals surface area contributed by atoms with Crippen molar-refractivity contribution in [1.29, 1.82) is 0 Å². The molecule has 0 aliphatic heterocycles. The molecule has 8 heteroatoms. The van der Waals surface area contributed by atoms with Crippen LogP contribution < -0.4 is 16.0 Å². The first kappa shape index (κ1) is 19.3. The Morgan fingerprint density at radius 2 is 1.93 bits per heavy atom. The maximum absolute atomic E-state index is 12.5. The molecule has 7 nitrogen and oxygen atoms in total. The van der Waals surface area contributed by atoms with Gasteiger partial charge in [-0.1, -0.05) is 37.7 Å². The van der Waals surface area contributed by atoms with Gasteiger partial charge in [-0.25, -0.2) is 9.78 Å². The zero-order valence-electron chi connectivity index (χ0n) is 16.0. The number of nitrogens with one attached hydrogen (secondary N) is 1. The van der Waals surface area contributed by atoms with E-state index in [0.717, 1.165) is 28.6 Å². The van der Waals surface area contributed by atoms with Gasteiger partial charge in [-0.05, 0) is 30.0 Å². The van der Waals surface area contributed by atoms with E-state index in [2.05, 4.69) is 23.8 Å². The number of aromatic nitrogens is 4. The highest BCUT2D eigenvalue weighted by molar-refractivity contribution is 7.99. The van der Waals surface area contributed by atoms with Gasteiger partial charge in [-0.15, -0.1) is 0 Å². The van der Waals surface area contributed by atoms with Crippen molar-refractivity contribution in [3.63, 3.8) is 0 Å². The third-order valence-electron chi connectivity index (χ3n) is 4.30. The lowest BCUT2D eigenvalue weighted by atomic mass is 10.1. The van der Waals surface area contributed by atoms with E-state index in [0.29, 0.717) is 23.6 Å². The summed E-state index contributed by atoms with van der Waals surface area (Å²) in [7, 11) is 3.26. The molecule has 144 valence electrons. The number of methoxy groups -OCH3 is 1. The van der Waals surface area contributed by atoms with Gasteiger partial charge in [0, 0.05) is 19.3 Å². The Balaban J connectivity index is 1.99. The zero-order valence-corrected chi connectivity index (χ0v) is 16.8. The minimum Gasteiger partial charge on any atom is -0.497 e. The predicted molar refractivity (Wildman–Crippen MR) is 108 cm³/mol. The maximum atomic E-state index is 12.5. The Kier molecular flexibility index (Phi) is 5.74. The highest BCUT2D eigenvalue weighted by atomic mass is 32.2. The molecule has 0 amide bonds. The van der Waals surface area contributed by atoms with Crippen molar-refractivity contribution >= 4 is 22.9 Å². The topological polar surface area (TPSA) is 81.9 Å². The van der Waals surface area contributed by atoms with Gasteiger partial charge in [0.05, 0.1) is 7.11 Å². The van der Waals surface area contributed by atoms with E-state index in [1.54, 1.807) is 25.9 Å². The zero-order chi connectivity index (χ0) is 19.6. The van der Waals surface area contributed by atoms with Gasteiger partial charge in [0.15, 0.2) is 16.3 Å². The summed E-state index contributed by atoms with van der Waals surface area (Å²) >= 11 is 1.61. The first-order valence-corrected chi connectivity index (χ1v) is 9.84. The summed E-state index contributed by atoms with van der Waals surface area (Å²) in [6, 6.07) is 7.87. The average molecular weight is 388 g/mol. The largest absolute Gasteiger partial charge is 0.497 e. The number of thioether (sulfide) groups is 1. The molecule has 27 heavy (non-hydrogen) atoms. The molecule has 0 atom stereocenters. The summed E-state index contributed by atoms with van der Waals surface area (Å²) in [5, 5.41) is 0.763. The van der Waals surface area contributed by atoms with Gasteiger partial charge in [0.2, 0.25) is 0 Å². The van der Waals surface area contributed by atoms with Crippen molar-refractivity contribution in [2.24, 2.45) is 13.0 Å². The van der Waals surface area contributed by atoms with Crippen molar-refractivity contribution in [1.82, 2.24) is 19.1 Å². The number of hydrogen-bond donors (Lipinski definition) is 1. The van der Waals surface area contributed by atoms with Crippen LogP contribution in [0.25, 0.3) is 11.2 Å². The minimum absolute atomic E-state index is 0.397. The summed E-state index contributed by atoms with van der Waals surface area (Å²) in [5.41, 5.74) is 1.15. The minimum atomic E-state index is -0.451. The van der Waals surface area contributed by atoms with Crippen LogP contribution >= 0.6 is 11.8 Å². The molecule has 3 aromatic rings. The number of nitrogens with zero attached hydrogens (tertiary/aromatic N) is 3. The normalized spacial score (nSPS) is 11.4. The highest BCUT2D eigenvalue weighted by Gasteiger charge is 2.18. The number of ether oxygens (including phenoxy) is 1. The summed E-state index contributed by atoms with van der Waals surface area (Å²) in [4.78, 5) is 31.4. The molecule has 0 aliphatic rings. The molecule has 1 aromatic carbocycles. The third-order valence-corrected chi connectivity index (χ3v) is 5.70. The van der Waals surface area contributed by atoms with Crippen LogP contribution in [0.1, 0.15) is 19.4 Å². The molecular weight excluding hydrogens is 364 g/mol. The van der Waals surface area contributed by atoms with Gasteiger partial charge >= 0.3 is 5.69 Å². The molecule has 0 fully saturated rings. The van der Waals surface area contributed by atoms with E-state index in [1.807, 2.05) is 28.8 Å². The second-order valence-electron chi connectivity index (χ2n) is 6.84. The third kappa shape index (κ3) is 4.10. The molecule has 1 N–H and O–H groups in total. The lowest BCUT2D eigenvalue weighted by Crippen LogP contribution is -2.29. The van der Waals surface area contributed by atoms with Crippen molar-refractivity contribution < 1.29 is 4.74 Å². The molecule has 2 heterocycles. The summed E-state index contributed by atoms with van der Waals surface area (Å²) in [6.45, 7) is 4.88.